The molecule has 0 unspecified atom stereocenters. The minimum atomic E-state index is -5.17. The van der Waals surface area contributed by atoms with E-state index in [1.807, 2.05) is 0 Å². The Morgan fingerprint density at radius 1 is 0.600 bits per heavy atom. The first-order valence-corrected chi connectivity index (χ1v) is 11.3. The van der Waals surface area contributed by atoms with E-state index in [0.717, 1.165) is 6.42 Å². The van der Waals surface area contributed by atoms with Crippen molar-refractivity contribution in [3.05, 3.63) is 0 Å². The van der Waals surface area contributed by atoms with E-state index in [4.69, 9.17) is 42.3 Å². The third-order valence-electron chi connectivity index (χ3n) is 3.35. The molecule has 0 radical (unpaired) electrons. The van der Waals surface area contributed by atoms with Crippen molar-refractivity contribution in [3.8, 4) is 0 Å². The van der Waals surface area contributed by atoms with Crippen molar-refractivity contribution in [1.82, 2.24) is 0 Å². The predicted molar refractivity (Wildman–Crippen MR) is 105 cm³/mol. The zero-order valence-electron chi connectivity index (χ0n) is 19.2. The van der Waals surface area contributed by atoms with Crippen LogP contribution in [0.15, 0.2) is 0 Å². The summed E-state index contributed by atoms with van der Waals surface area (Å²) < 4.78 is 43.8. The molecular weight excluding hydrogens is 438 g/mol. The molecule has 0 aromatic rings. The van der Waals surface area contributed by atoms with E-state index in [0.29, 0.717) is 33.0 Å². The molecule has 0 heterocycles. The van der Waals surface area contributed by atoms with E-state index in [1.165, 1.54) is 57.8 Å². The molecule has 0 saturated heterocycles. The SMILES string of the molecule is CCCCCCCCCCCCO.O=S(=O)([O-])[O-].OCCOCCOCCO.[Na+].[Na+]. The van der Waals surface area contributed by atoms with Crippen LogP contribution < -0.4 is 59.1 Å². The summed E-state index contributed by atoms with van der Waals surface area (Å²) in [6, 6.07) is 0. The minimum absolute atomic E-state index is 0. The maximum absolute atomic E-state index is 8.57. The zero-order chi connectivity index (χ0) is 21.9. The molecule has 0 saturated carbocycles. The Bertz CT molecular complexity index is 336. The van der Waals surface area contributed by atoms with Crippen LogP contribution in [0.2, 0.25) is 0 Å². The summed E-state index contributed by atoms with van der Waals surface area (Å²) in [5.74, 6) is 0. The van der Waals surface area contributed by atoms with Crippen molar-refractivity contribution in [3.63, 3.8) is 0 Å². The summed E-state index contributed by atoms with van der Waals surface area (Å²) >= 11 is 0. The van der Waals surface area contributed by atoms with Crippen molar-refractivity contribution in [2.75, 3.05) is 46.2 Å². The van der Waals surface area contributed by atoms with Crippen LogP contribution in [0.1, 0.15) is 71.1 Å². The van der Waals surface area contributed by atoms with E-state index in [2.05, 4.69) is 6.92 Å². The van der Waals surface area contributed by atoms with Crippen molar-refractivity contribution < 1.29 is 101 Å². The summed E-state index contributed by atoms with van der Waals surface area (Å²) in [7, 11) is -5.17. The second kappa shape index (κ2) is 38.0. The van der Waals surface area contributed by atoms with Gasteiger partial charge in [0, 0.05) is 17.0 Å². The molecule has 3 N–H and O–H groups in total. The Balaban J connectivity index is -0.000000110. The molecule has 0 amide bonds. The van der Waals surface area contributed by atoms with Gasteiger partial charge in [0.15, 0.2) is 0 Å². The molecule has 0 aliphatic heterocycles. The number of aliphatic hydroxyl groups excluding tert-OH is 3. The van der Waals surface area contributed by atoms with Crippen molar-refractivity contribution in [1.29, 1.82) is 0 Å². The van der Waals surface area contributed by atoms with E-state index < -0.39 is 10.4 Å². The van der Waals surface area contributed by atoms with Gasteiger partial charge in [-0.2, -0.15) is 0 Å². The van der Waals surface area contributed by atoms with E-state index >= 15 is 0 Å². The first-order valence-electron chi connectivity index (χ1n) is 9.98. The molecule has 0 atom stereocenters. The Morgan fingerprint density at radius 2 is 0.900 bits per heavy atom. The predicted octanol–water partition coefficient (Wildman–Crippen LogP) is -4.43. The van der Waals surface area contributed by atoms with E-state index in [-0.39, 0.29) is 72.3 Å². The third-order valence-corrected chi connectivity index (χ3v) is 3.35. The van der Waals surface area contributed by atoms with E-state index in [9.17, 15) is 0 Å². The maximum Gasteiger partial charge on any atom is 1.00 e. The van der Waals surface area contributed by atoms with Crippen LogP contribution in [0.4, 0.5) is 0 Å². The molecule has 12 heteroatoms. The standard InChI is InChI=1S/C12H26O.C6H14O4.2Na.H2O4S/c1-2-3-4-5-6-7-8-9-10-11-12-13;7-1-3-9-5-6-10-4-2-8;;;1-5(2,3)4/h13H,2-12H2,1H3;7-8H,1-6H2;;;(H2,1,2,3,4)/q;;2*+1;/p-2. The second-order valence-electron chi connectivity index (χ2n) is 5.99. The number of aliphatic hydroxyl groups is 3. The quantitative estimate of drug-likeness (QED) is 0.0811. The van der Waals surface area contributed by atoms with Gasteiger partial charge in [0.1, 0.15) is 0 Å². The van der Waals surface area contributed by atoms with Gasteiger partial charge in [-0.3, -0.25) is 8.42 Å². The number of ether oxygens (including phenoxy) is 2. The monoisotopic (exact) mass is 478 g/mol. The number of rotatable bonds is 17. The van der Waals surface area contributed by atoms with Crippen LogP contribution in [0, 0.1) is 0 Å². The van der Waals surface area contributed by atoms with Crippen molar-refractivity contribution >= 4 is 10.4 Å². The van der Waals surface area contributed by atoms with Gasteiger partial charge in [-0.05, 0) is 6.42 Å². The van der Waals surface area contributed by atoms with Gasteiger partial charge >= 0.3 is 59.1 Å². The molecule has 0 spiro atoms. The second-order valence-corrected chi connectivity index (χ2v) is 6.80. The molecule has 0 aliphatic carbocycles. The summed E-state index contributed by atoms with van der Waals surface area (Å²) in [5, 5.41) is 25.1. The minimum Gasteiger partial charge on any atom is -0.759 e. The molecule has 30 heavy (non-hydrogen) atoms. The Labute approximate surface area is 227 Å². The van der Waals surface area contributed by atoms with Gasteiger partial charge in [0.2, 0.25) is 0 Å². The molecule has 0 aromatic heterocycles. The average Bonchev–Trinajstić information content (AvgIpc) is 2.62. The van der Waals surface area contributed by atoms with Crippen molar-refractivity contribution in [2.24, 2.45) is 0 Å². The smallest absolute Gasteiger partial charge is 0.759 e. The first-order chi connectivity index (χ1) is 13.3. The van der Waals surface area contributed by atoms with Crippen LogP contribution >= 0.6 is 0 Å². The summed E-state index contributed by atoms with van der Waals surface area (Å²) in [4.78, 5) is 0. The third kappa shape index (κ3) is 70.0. The fraction of sp³-hybridized carbons (Fsp3) is 1.00. The Kier molecular flexibility index (Phi) is 53.0. The van der Waals surface area contributed by atoms with Gasteiger partial charge in [-0.25, -0.2) is 0 Å². The van der Waals surface area contributed by atoms with Crippen LogP contribution in [0.3, 0.4) is 0 Å². The fourth-order valence-corrected chi connectivity index (χ4v) is 2.05. The summed E-state index contributed by atoms with van der Waals surface area (Å²) in [5.41, 5.74) is 0. The molecule has 0 aliphatic rings. The summed E-state index contributed by atoms with van der Waals surface area (Å²) in [6.45, 7) is 4.36. The van der Waals surface area contributed by atoms with Crippen LogP contribution in [0.25, 0.3) is 0 Å². The van der Waals surface area contributed by atoms with Gasteiger partial charge in [-0.15, -0.1) is 0 Å². The molecule has 0 rings (SSSR count). The van der Waals surface area contributed by atoms with Crippen LogP contribution in [-0.4, -0.2) is 79.1 Å². The number of hydrogen-bond acceptors (Lipinski definition) is 9. The topological polar surface area (TPSA) is 159 Å². The molecule has 9 nitrogen and oxygen atoms in total. The van der Waals surface area contributed by atoms with E-state index in [1.54, 1.807) is 0 Å². The van der Waals surface area contributed by atoms with Gasteiger partial charge in [0.25, 0.3) is 0 Å². The molecule has 0 aromatic carbocycles. The Morgan fingerprint density at radius 3 is 1.17 bits per heavy atom. The van der Waals surface area contributed by atoms with Gasteiger partial charge in [-0.1, -0.05) is 64.7 Å². The first kappa shape index (κ1) is 41.9. The van der Waals surface area contributed by atoms with Crippen LogP contribution in [-0.2, 0) is 19.9 Å². The maximum atomic E-state index is 8.57. The average molecular weight is 479 g/mol. The largest absolute Gasteiger partial charge is 1.00 e. The number of hydrogen-bond donors (Lipinski definition) is 3. The fourth-order valence-electron chi connectivity index (χ4n) is 2.05. The normalized spacial score (nSPS) is 9.93. The summed E-state index contributed by atoms with van der Waals surface area (Å²) in [6.07, 6.45) is 13.3. The molecule has 0 fully saturated rings. The number of unbranched alkanes of at least 4 members (excludes halogenated alkanes) is 9. The van der Waals surface area contributed by atoms with Gasteiger partial charge < -0.3 is 33.9 Å². The van der Waals surface area contributed by atoms with Crippen molar-refractivity contribution in [2.45, 2.75) is 71.1 Å². The molecule has 174 valence electrons. The van der Waals surface area contributed by atoms with Crippen LogP contribution in [0.5, 0.6) is 0 Å². The Hall–Kier alpha value is 1.67. The molecule has 0 bridgehead atoms. The zero-order valence-corrected chi connectivity index (χ0v) is 24.0. The molecular formula is C18H40Na2O9S. The van der Waals surface area contributed by atoms with Gasteiger partial charge in [0.05, 0.1) is 39.6 Å².